The molecule has 2 aromatic heterocycles. The SMILES string of the molecule is Clc1ccc(CNc2ncnc3c2CCN(c2ncccc2Cl)C3)cc1. The number of rotatable bonds is 4. The smallest absolute Gasteiger partial charge is 0.147 e. The van der Waals surface area contributed by atoms with Gasteiger partial charge in [0.05, 0.1) is 17.3 Å². The number of fused-ring (bicyclic) bond motifs is 1. The number of aromatic nitrogens is 3. The van der Waals surface area contributed by atoms with Crippen LogP contribution in [-0.2, 0) is 19.5 Å². The molecule has 0 saturated carbocycles. The first kappa shape index (κ1) is 17.1. The predicted octanol–water partition coefficient (Wildman–Crippen LogP) is 4.35. The van der Waals surface area contributed by atoms with Crippen molar-refractivity contribution >= 4 is 34.8 Å². The van der Waals surface area contributed by atoms with Crippen molar-refractivity contribution in [1.29, 1.82) is 0 Å². The van der Waals surface area contributed by atoms with Crippen LogP contribution in [0.1, 0.15) is 16.8 Å². The van der Waals surface area contributed by atoms with Crippen LogP contribution < -0.4 is 10.2 Å². The quantitative estimate of drug-likeness (QED) is 0.723. The summed E-state index contributed by atoms with van der Waals surface area (Å²) in [6.45, 7) is 2.19. The van der Waals surface area contributed by atoms with Crippen LogP contribution in [0.2, 0.25) is 10.0 Å². The molecule has 0 atom stereocenters. The second-order valence-electron chi connectivity index (χ2n) is 6.11. The van der Waals surface area contributed by atoms with E-state index in [-0.39, 0.29) is 0 Å². The number of nitrogens with one attached hydrogen (secondary N) is 1. The van der Waals surface area contributed by atoms with Gasteiger partial charge in [-0.25, -0.2) is 15.0 Å². The Hall–Kier alpha value is -2.37. The van der Waals surface area contributed by atoms with Crippen molar-refractivity contribution in [2.75, 3.05) is 16.8 Å². The molecule has 1 N–H and O–H groups in total. The Morgan fingerprint density at radius 2 is 1.88 bits per heavy atom. The number of nitrogens with zero attached hydrogens (tertiary/aromatic N) is 4. The monoisotopic (exact) mass is 385 g/mol. The van der Waals surface area contributed by atoms with E-state index in [0.717, 1.165) is 46.4 Å². The highest BCUT2D eigenvalue weighted by molar-refractivity contribution is 6.32. The summed E-state index contributed by atoms with van der Waals surface area (Å²) in [6.07, 6.45) is 4.20. The van der Waals surface area contributed by atoms with E-state index in [4.69, 9.17) is 23.2 Å². The van der Waals surface area contributed by atoms with Gasteiger partial charge in [0.1, 0.15) is 18.0 Å². The number of benzene rings is 1. The van der Waals surface area contributed by atoms with E-state index in [1.807, 2.05) is 36.4 Å². The molecule has 0 fully saturated rings. The lowest BCUT2D eigenvalue weighted by Crippen LogP contribution is -2.32. The molecule has 0 bridgehead atoms. The van der Waals surface area contributed by atoms with E-state index in [2.05, 4.69) is 25.2 Å². The van der Waals surface area contributed by atoms with Crippen LogP contribution in [0.15, 0.2) is 48.9 Å². The lowest BCUT2D eigenvalue weighted by Gasteiger charge is -2.30. The third-order valence-corrected chi connectivity index (χ3v) is 4.97. The molecule has 0 saturated heterocycles. The molecule has 132 valence electrons. The Morgan fingerprint density at radius 3 is 2.69 bits per heavy atom. The zero-order chi connectivity index (χ0) is 17.9. The Balaban J connectivity index is 1.51. The molecule has 1 aliphatic heterocycles. The maximum atomic E-state index is 6.29. The van der Waals surface area contributed by atoms with Gasteiger partial charge in [-0.3, -0.25) is 0 Å². The van der Waals surface area contributed by atoms with Crippen LogP contribution in [0, 0.1) is 0 Å². The van der Waals surface area contributed by atoms with Crippen molar-refractivity contribution in [1.82, 2.24) is 15.0 Å². The first-order chi connectivity index (χ1) is 12.7. The van der Waals surface area contributed by atoms with Crippen LogP contribution in [0.3, 0.4) is 0 Å². The van der Waals surface area contributed by atoms with Gasteiger partial charge in [0, 0.05) is 29.9 Å². The maximum absolute atomic E-state index is 6.29. The van der Waals surface area contributed by atoms with Gasteiger partial charge in [-0.2, -0.15) is 0 Å². The van der Waals surface area contributed by atoms with E-state index in [1.165, 1.54) is 0 Å². The lowest BCUT2D eigenvalue weighted by molar-refractivity contribution is 0.695. The second-order valence-corrected chi connectivity index (χ2v) is 6.95. The minimum absolute atomic E-state index is 0.658. The topological polar surface area (TPSA) is 53.9 Å². The largest absolute Gasteiger partial charge is 0.366 e. The molecule has 26 heavy (non-hydrogen) atoms. The average molecular weight is 386 g/mol. The fraction of sp³-hybridized carbons (Fsp3) is 0.211. The van der Waals surface area contributed by atoms with Gasteiger partial charge in [0.2, 0.25) is 0 Å². The van der Waals surface area contributed by atoms with Crippen LogP contribution in [0.4, 0.5) is 11.6 Å². The molecular formula is C19H17Cl2N5. The van der Waals surface area contributed by atoms with E-state index >= 15 is 0 Å². The maximum Gasteiger partial charge on any atom is 0.147 e. The summed E-state index contributed by atoms with van der Waals surface area (Å²) in [6, 6.07) is 11.5. The molecule has 0 spiro atoms. The fourth-order valence-corrected chi connectivity index (χ4v) is 3.45. The lowest BCUT2D eigenvalue weighted by atomic mass is 10.1. The zero-order valence-electron chi connectivity index (χ0n) is 14.0. The first-order valence-corrected chi connectivity index (χ1v) is 9.13. The molecule has 3 aromatic rings. The van der Waals surface area contributed by atoms with Crippen molar-refractivity contribution < 1.29 is 0 Å². The van der Waals surface area contributed by atoms with Crippen molar-refractivity contribution in [3.8, 4) is 0 Å². The molecule has 0 radical (unpaired) electrons. The molecule has 7 heteroatoms. The summed E-state index contributed by atoms with van der Waals surface area (Å²) in [4.78, 5) is 15.5. The third kappa shape index (κ3) is 3.59. The minimum Gasteiger partial charge on any atom is -0.366 e. The fourth-order valence-electron chi connectivity index (χ4n) is 3.09. The third-order valence-electron chi connectivity index (χ3n) is 4.42. The highest BCUT2D eigenvalue weighted by Gasteiger charge is 2.23. The molecule has 3 heterocycles. The van der Waals surface area contributed by atoms with E-state index in [1.54, 1.807) is 12.5 Å². The van der Waals surface area contributed by atoms with Crippen LogP contribution in [0.25, 0.3) is 0 Å². The van der Waals surface area contributed by atoms with Crippen LogP contribution >= 0.6 is 23.2 Å². The Labute approximate surface area is 162 Å². The number of halogens is 2. The van der Waals surface area contributed by atoms with Crippen molar-refractivity contribution in [2.24, 2.45) is 0 Å². The van der Waals surface area contributed by atoms with Crippen molar-refractivity contribution in [3.63, 3.8) is 0 Å². The molecule has 1 aliphatic rings. The van der Waals surface area contributed by atoms with Gasteiger partial charge in [0.15, 0.2) is 0 Å². The second kappa shape index (κ2) is 7.48. The molecule has 0 unspecified atom stereocenters. The summed E-state index contributed by atoms with van der Waals surface area (Å²) < 4.78 is 0. The number of hydrogen-bond donors (Lipinski definition) is 1. The Kier molecular flexibility index (Phi) is 4.91. The van der Waals surface area contributed by atoms with Gasteiger partial charge < -0.3 is 10.2 Å². The molecule has 1 aromatic carbocycles. The van der Waals surface area contributed by atoms with Crippen molar-refractivity contribution in [2.45, 2.75) is 19.5 Å². The first-order valence-electron chi connectivity index (χ1n) is 8.37. The Morgan fingerprint density at radius 1 is 1.04 bits per heavy atom. The van der Waals surface area contributed by atoms with E-state index < -0.39 is 0 Å². The normalized spacial score (nSPS) is 13.4. The highest BCUT2D eigenvalue weighted by Crippen LogP contribution is 2.29. The van der Waals surface area contributed by atoms with Gasteiger partial charge in [-0.1, -0.05) is 35.3 Å². The number of hydrogen-bond acceptors (Lipinski definition) is 5. The summed E-state index contributed by atoms with van der Waals surface area (Å²) in [5.41, 5.74) is 3.32. The van der Waals surface area contributed by atoms with E-state index in [0.29, 0.717) is 18.1 Å². The zero-order valence-corrected chi connectivity index (χ0v) is 15.5. The average Bonchev–Trinajstić information content (AvgIpc) is 2.67. The summed E-state index contributed by atoms with van der Waals surface area (Å²) in [5.74, 6) is 1.69. The van der Waals surface area contributed by atoms with Crippen LogP contribution in [0.5, 0.6) is 0 Å². The highest BCUT2D eigenvalue weighted by atomic mass is 35.5. The Bertz CT molecular complexity index is 914. The summed E-state index contributed by atoms with van der Waals surface area (Å²) in [7, 11) is 0. The molecule has 4 rings (SSSR count). The van der Waals surface area contributed by atoms with Gasteiger partial charge >= 0.3 is 0 Å². The minimum atomic E-state index is 0.658. The van der Waals surface area contributed by atoms with Gasteiger partial charge in [-0.15, -0.1) is 0 Å². The standard InChI is InChI=1S/C19H17Cl2N5/c20-14-5-3-13(4-6-14)10-23-18-15-7-9-26(11-17(15)24-12-25-18)19-16(21)2-1-8-22-19/h1-6,8,12H,7,9-11H2,(H,23,24,25). The molecular weight excluding hydrogens is 369 g/mol. The molecule has 0 amide bonds. The number of pyridine rings is 1. The predicted molar refractivity (Wildman–Crippen MR) is 105 cm³/mol. The van der Waals surface area contributed by atoms with Gasteiger partial charge in [-0.05, 0) is 36.2 Å². The van der Waals surface area contributed by atoms with E-state index in [9.17, 15) is 0 Å². The molecule has 0 aliphatic carbocycles. The summed E-state index contributed by atoms with van der Waals surface area (Å²) in [5, 5.41) is 4.82. The van der Waals surface area contributed by atoms with Gasteiger partial charge in [0.25, 0.3) is 0 Å². The summed E-state index contributed by atoms with van der Waals surface area (Å²) >= 11 is 12.2. The van der Waals surface area contributed by atoms with Crippen LogP contribution in [-0.4, -0.2) is 21.5 Å². The van der Waals surface area contributed by atoms with Crippen molar-refractivity contribution in [3.05, 3.63) is 75.8 Å². The molecule has 5 nitrogen and oxygen atoms in total. The number of anilines is 2.